The molecule has 0 fully saturated rings. The van der Waals surface area contributed by atoms with Gasteiger partial charge in [0.15, 0.2) is 0 Å². The predicted octanol–water partition coefficient (Wildman–Crippen LogP) is 3.47. The van der Waals surface area contributed by atoms with E-state index in [1.165, 1.54) is 0 Å². The van der Waals surface area contributed by atoms with E-state index in [9.17, 15) is 4.79 Å². The number of carbonyl (C=O) groups is 1. The zero-order valence-corrected chi connectivity index (χ0v) is 13.3. The molecule has 0 aliphatic rings. The van der Waals surface area contributed by atoms with Crippen LogP contribution in [0.5, 0.6) is 5.75 Å². The Balaban J connectivity index is 1.97. The molecule has 0 radical (unpaired) electrons. The summed E-state index contributed by atoms with van der Waals surface area (Å²) in [6.07, 6.45) is 1.06. The first-order chi connectivity index (χ1) is 10.5. The number of methoxy groups -OCH3 is 1. The van der Waals surface area contributed by atoms with Gasteiger partial charge in [-0.15, -0.1) is 0 Å². The molecule has 4 heteroatoms. The summed E-state index contributed by atoms with van der Waals surface area (Å²) in [5.74, 6) is 0.663. The highest BCUT2D eigenvalue weighted by atomic mass is 16.5. The Morgan fingerprint density at radius 3 is 2.45 bits per heavy atom. The molecule has 0 aliphatic heterocycles. The van der Waals surface area contributed by atoms with E-state index in [1.54, 1.807) is 7.11 Å². The molecule has 0 saturated heterocycles. The second-order valence-corrected chi connectivity index (χ2v) is 5.39. The van der Waals surface area contributed by atoms with Gasteiger partial charge in [-0.1, -0.05) is 24.3 Å². The zero-order chi connectivity index (χ0) is 16.1. The van der Waals surface area contributed by atoms with Gasteiger partial charge in [0.1, 0.15) is 5.75 Å². The van der Waals surface area contributed by atoms with Gasteiger partial charge >= 0.3 is 0 Å². The number of carbonyl (C=O) groups excluding carboxylic acids is 1. The van der Waals surface area contributed by atoms with Gasteiger partial charge in [-0.05, 0) is 49.1 Å². The number of nitrogens with one attached hydrogen (secondary N) is 1. The largest absolute Gasteiger partial charge is 0.495 e. The first-order valence-electron chi connectivity index (χ1n) is 7.29. The number of hydrogen-bond donors (Lipinski definition) is 2. The number of rotatable bonds is 5. The van der Waals surface area contributed by atoms with Crippen LogP contribution in [0, 0.1) is 13.8 Å². The molecule has 116 valence electrons. The Kier molecular flexibility index (Phi) is 5.04. The summed E-state index contributed by atoms with van der Waals surface area (Å²) in [5, 5.41) is 2.99. The zero-order valence-electron chi connectivity index (χ0n) is 13.3. The lowest BCUT2D eigenvalue weighted by Gasteiger charge is -2.12. The second-order valence-electron chi connectivity index (χ2n) is 5.39. The van der Waals surface area contributed by atoms with Crippen LogP contribution in [0.3, 0.4) is 0 Å². The fraction of sp³-hybridized carbons (Fsp3) is 0.278. The second kappa shape index (κ2) is 6.98. The Morgan fingerprint density at radius 1 is 1.18 bits per heavy atom. The van der Waals surface area contributed by atoms with Crippen molar-refractivity contribution in [2.24, 2.45) is 0 Å². The van der Waals surface area contributed by atoms with Gasteiger partial charge in [0.05, 0.1) is 12.8 Å². The van der Waals surface area contributed by atoms with E-state index in [2.05, 4.69) is 5.32 Å². The van der Waals surface area contributed by atoms with E-state index in [-0.39, 0.29) is 5.91 Å². The number of hydrogen-bond acceptors (Lipinski definition) is 3. The van der Waals surface area contributed by atoms with Crippen molar-refractivity contribution in [2.75, 3.05) is 18.2 Å². The lowest BCUT2D eigenvalue weighted by atomic mass is 10.1. The van der Waals surface area contributed by atoms with Gasteiger partial charge in [0, 0.05) is 12.1 Å². The van der Waals surface area contributed by atoms with Crippen molar-refractivity contribution in [3.63, 3.8) is 0 Å². The maximum Gasteiger partial charge on any atom is 0.224 e. The predicted molar refractivity (Wildman–Crippen MR) is 90.3 cm³/mol. The summed E-state index contributed by atoms with van der Waals surface area (Å²) in [5.41, 5.74) is 10.5. The molecule has 0 spiro atoms. The van der Waals surface area contributed by atoms with Crippen molar-refractivity contribution < 1.29 is 9.53 Å². The van der Waals surface area contributed by atoms with Crippen molar-refractivity contribution in [2.45, 2.75) is 26.7 Å². The number of benzene rings is 2. The van der Waals surface area contributed by atoms with Crippen LogP contribution in [-0.2, 0) is 11.2 Å². The summed E-state index contributed by atoms with van der Waals surface area (Å²) < 4.78 is 5.13. The molecular formula is C18H22N2O2. The van der Waals surface area contributed by atoms with E-state index < -0.39 is 0 Å². The van der Waals surface area contributed by atoms with Gasteiger partial charge in [0.25, 0.3) is 0 Å². The number of ether oxygens (including phenoxy) is 1. The van der Waals surface area contributed by atoms with Crippen LogP contribution in [0.1, 0.15) is 23.1 Å². The molecule has 0 aromatic heterocycles. The number of nitrogens with two attached hydrogens (primary N) is 1. The quantitative estimate of drug-likeness (QED) is 0.831. The number of nitrogen functional groups attached to an aromatic ring is 1. The summed E-state index contributed by atoms with van der Waals surface area (Å²) in [6.45, 7) is 3.99. The summed E-state index contributed by atoms with van der Waals surface area (Å²) >= 11 is 0. The van der Waals surface area contributed by atoms with E-state index in [1.807, 2.05) is 50.2 Å². The number of anilines is 2. The van der Waals surface area contributed by atoms with Crippen LogP contribution in [0.15, 0.2) is 36.4 Å². The molecule has 1 amide bonds. The lowest BCUT2D eigenvalue weighted by molar-refractivity contribution is -0.116. The van der Waals surface area contributed by atoms with Gasteiger partial charge < -0.3 is 15.8 Å². The third-order valence-electron chi connectivity index (χ3n) is 3.68. The molecular weight excluding hydrogens is 276 g/mol. The molecule has 2 aromatic rings. The van der Waals surface area contributed by atoms with Crippen molar-refractivity contribution >= 4 is 17.3 Å². The molecule has 0 atom stereocenters. The van der Waals surface area contributed by atoms with Crippen molar-refractivity contribution in [1.29, 1.82) is 0 Å². The van der Waals surface area contributed by atoms with E-state index in [0.29, 0.717) is 24.3 Å². The summed E-state index contributed by atoms with van der Waals surface area (Å²) in [6, 6.07) is 11.6. The number of amides is 1. The van der Waals surface area contributed by atoms with Gasteiger partial charge in [-0.25, -0.2) is 0 Å². The average Bonchev–Trinajstić information content (AvgIpc) is 2.49. The van der Waals surface area contributed by atoms with Crippen LogP contribution < -0.4 is 15.8 Å². The molecule has 0 heterocycles. The standard InChI is InChI=1S/C18H22N2O2/c1-12-5-4-6-13(2)18(12)20-17(21)10-8-14-7-9-16(22-3)15(19)11-14/h4-7,9,11H,8,10,19H2,1-3H3,(H,20,21). The molecule has 3 N–H and O–H groups in total. The SMILES string of the molecule is COc1ccc(CCC(=O)Nc2c(C)cccc2C)cc1N. The normalized spacial score (nSPS) is 10.3. The van der Waals surface area contributed by atoms with E-state index >= 15 is 0 Å². The summed E-state index contributed by atoms with van der Waals surface area (Å²) in [7, 11) is 1.59. The maximum atomic E-state index is 12.1. The van der Waals surface area contributed by atoms with Crippen molar-refractivity contribution in [1.82, 2.24) is 0 Å². The maximum absolute atomic E-state index is 12.1. The first-order valence-corrected chi connectivity index (χ1v) is 7.29. The molecule has 2 rings (SSSR count). The van der Waals surface area contributed by atoms with Crippen LogP contribution in [0.2, 0.25) is 0 Å². The van der Waals surface area contributed by atoms with E-state index in [4.69, 9.17) is 10.5 Å². The molecule has 0 bridgehead atoms. The topological polar surface area (TPSA) is 64.3 Å². The molecule has 0 saturated carbocycles. The van der Waals surface area contributed by atoms with Gasteiger partial charge in [0.2, 0.25) is 5.91 Å². The summed E-state index contributed by atoms with van der Waals surface area (Å²) in [4.78, 5) is 12.1. The monoisotopic (exact) mass is 298 g/mol. The molecule has 0 unspecified atom stereocenters. The smallest absolute Gasteiger partial charge is 0.224 e. The fourth-order valence-electron chi connectivity index (χ4n) is 2.41. The van der Waals surface area contributed by atoms with Gasteiger partial charge in [-0.3, -0.25) is 4.79 Å². The minimum atomic E-state index is 0.00629. The third-order valence-corrected chi connectivity index (χ3v) is 3.68. The van der Waals surface area contributed by atoms with Crippen LogP contribution in [-0.4, -0.2) is 13.0 Å². The molecule has 22 heavy (non-hydrogen) atoms. The number of aryl methyl sites for hydroxylation is 3. The molecule has 0 aliphatic carbocycles. The third kappa shape index (κ3) is 3.79. The Bertz CT molecular complexity index is 661. The van der Waals surface area contributed by atoms with Gasteiger partial charge in [-0.2, -0.15) is 0 Å². The highest BCUT2D eigenvalue weighted by Crippen LogP contribution is 2.23. The molecule has 2 aromatic carbocycles. The Morgan fingerprint density at radius 2 is 1.86 bits per heavy atom. The Labute approximate surface area is 131 Å². The average molecular weight is 298 g/mol. The minimum absolute atomic E-state index is 0.00629. The first kappa shape index (κ1) is 15.9. The minimum Gasteiger partial charge on any atom is -0.495 e. The molecule has 4 nitrogen and oxygen atoms in total. The highest BCUT2D eigenvalue weighted by Gasteiger charge is 2.08. The van der Waals surface area contributed by atoms with Crippen molar-refractivity contribution in [3.8, 4) is 5.75 Å². The highest BCUT2D eigenvalue weighted by molar-refractivity contribution is 5.92. The Hall–Kier alpha value is -2.49. The van der Waals surface area contributed by atoms with Crippen LogP contribution in [0.25, 0.3) is 0 Å². The van der Waals surface area contributed by atoms with E-state index in [0.717, 1.165) is 22.4 Å². The van der Waals surface area contributed by atoms with Crippen molar-refractivity contribution in [3.05, 3.63) is 53.1 Å². The van der Waals surface area contributed by atoms with Crippen LogP contribution in [0.4, 0.5) is 11.4 Å². The lowest BCUT2D eigenvalue weighted by Crippen LogP contribution is -2.14. The fourth-order valence-corrected chi connectivity index (χ4v) is 2.41. The number of para-hydroxylation sites is 1. The van der Waals surface area contributed by atoms with Crippen LogP contribution >= 0.6 is 0 Å².